The second kappa shape index (κ2) is 9.31. The monoisotopic (exact) mass is 454 g/mol. The summed E-state index contributed by atoms with van der Waals surface area (Å²) >= 11 is 1.37. The van der Waals surface area contributed by atoms with E-state index >= 15 is 0 Å². The van der Waals surface area contributed by atoms with Crippen LogP contribution in [0.5, 0.6) is 11.5 Å². The molecule has 2 heterocycles. The van der Waals surface area contributed by atoms with Crippen molar-refractivity contribution in [3.8, 4) is 11.5 Å². The molecule has 0 aliphatic carbocycles. The summed E-state index contributed by atoms with van der Waals surface area (Å²) in [7, 11) is 3.15. The quantitative estimate of drug-likeness (QED) is 0.385. The van der Waals surface area contributed by atoms with Gasteiger partial charge in [0.05, 0.1) is 24.0 Å². The van der Waals surface area contributed by atoms with Crippen LogP contribution in [0.1, 0.15) is 5.56 Å². The van der Waals surface area contributed by atoms with E-state index in [1.165, 1.54) is 23.9 Å². The molecule has 1 saturated heterocycles. The molecule has 0 aromatic heterocycles. The van der Waals surface area contributed by atoms with Crippen LogP contribution >= 0.6 is 11.8 Å². The molecule has 2 aliphatic rings. The summed E-state index contributed by atoms with van der Waals surface area (Å²) in [4.78, 5) is 32.0. The summed E-state index contributed by atoms with van der Waals surface area (Å²) in [5.41, 5.74) is 1.86. The Morgan fingerprint density at radius 2 is 1.66 bits per heavy atom. The van der Waals surface area contributed by atoms with Crippen molar-refractivity contribution in [3.63, 3.8) is 0 Å². The number of anilines is 1. The van der Waals surface area contributed by atoms with Gasteiger partial charge in [0.2, 0.25) is 0 Å². The van der Waals surface area contributed by atoms with E-state index in [2.05, 4.69) is 14.8 Å². The van der Waals surface area contributed by atoms with Crippen LogP contribution < -0.4 is 14.4 Å². The fourth-order valence-electron chi connectivity index (χ4n) is 3.57. The minimum Gasteiger partial charge on any atom is -0.493 e. The van der Waals surface area contributed by atoms with Crippen molar-refractivity contribution in [1.29, 1.82) is 0 Å². The number of methoxy groups -OCH3 is 2. The number of nitrogens with zero attached hydrogens (tertiary/aromatic N) is 4. The van der Waals surface area contributed by atoms with Crippen molar-refractivity contribution in [2.24, 2.45) is 4.99 Å². The molecule has 4 rings (SSSR count). The molecule has 0 unspecified atom stereocenters. The summed E-state index contributed by atoms with van der Waals surface area (Å²) in [5, 5.41) is 11.5. The lowest BCUT2D eigenvalue weighted by Crippen LogP contribution is -2.47. The van der Waals surface area contributed by atoms with Crippen LogP contribution in [0.15, 0.2) is 52.4 Å². The maximum absolute atomic E-state index is 12.5. The number of non-ortho nitro benzene ring substituents is 1. The van der Waals surface area contributed by atoms with Gasteiger partial charge in [0.1, 0.15) is 0 Å². The Bertz CT molecular complexity index is 1090. The maximum atomic E-state index is 12.5. The van der Waals surface area contributed by atoms with E-state index in [4.69, 9.17) is 9.47 Å². The molecule has 0 N–H and O–H groups in total. The average molecular weight is 455 g/mol. The number of piperazine rings is 1. The first-order chi connectivity index (χ1) is 15.5. The lowest BCUT2D eigenvalue weighted by Gasteiger charge is -2.36. The molecule has 1 fully saturated rings. The fraction of sp³-hybridized carbons (Fsp3) is 0.273. The van der Waals surface area contributed by atoms with Crippen LogP contribution in [-0.2, 0) is 4.79 Å². The van der Waals surface area contributed by atoms with E-state index in [1.807, 2.05) is 12.1 Å². The number of thioether (sulfide) groups is 1. The summed E-state index contributed by atoms with van der Waals surface area (Å²) < 4.78 is 10.6. The highest BCUT2D eigenvalue weighted by molar-refractivity contribution is 8.18. The largest absolute Gasteiger partial charge is 0.493 e. The third kappa shape index (κ3) is 4.54. The Hall–Kier alpha value is -3.53. The minimum atomic E-state index is -0.401. The fourth-order valence-corrected chi connectivity index (χ4v) is 4.53. The van der Waals surface area contributed by atoms with Crippen molar-refractivity contribution < 1.29 is 19.2 Å². The molecular weight excluding hydrogens is 432 g/mol. The molecule has 0 saturated carbocycles. The highest BCUT2D eigenvalue weighted by Crippen LogP contribution is 2.33. The molecule has 9 nitrogen and oxygen atoms in total. The molecule has 2 aliphatic heterocycles. The summed E-state index contributed by atoms with van der Waals surface area (Å²) in [5.74, 6) is 0.973. The van der Waals surface area contributed by atoms with Gasteiger partial charge in [0.15, 0.2) is 16.7 Å². The number of hydrogen-bond donors (Lipinski definition) is 0. The van der Waals surface area contributed by atoms with Crippen molar-refractivity contribution in [3.05, 3.63) is 63.0 Å². The zero-order chi connectivity index (χ0) is 22.7. The van der Waals surface area contributed by atoms with Crippen LogP contribution in [-0.4, -0.2) is 61.3 Å². The number of nitro benzene ring substituents is 1. The van der Waals surface area contributed by atoms with Gasteiger partial charge in [-0.25, -0.2) is 0 Å². The number of amidine groups is 1. The number of nitro groups is 1. The normalized spacial score (nSPS) is 17.5. The minimum absolute atomic E-state index is 0.0800. The van der Waals surface area contributed by atoms with Crippen molar-refractivity contribution >= 4 is 40.3 Å². The molecule has 32 heavy (non-hydrogen) atoms. The number of benzene rings is 2. The van der Waals surface area contributed by atoms with E-state index < -0.39 is 4.92 Å². The van der Waals surface area contributed by atoms with Crippen LogP contribution in [0.4, 0.5) is 11.4 Å². The first-order valence-corrected chi connectivity index (χ1v) is 10.8. The first kappa shape index (κ1) is 21.7. The zero-order valence-corrected chi connectivity index (χ0v) is 18.5. The predicted molar refractivity (Wildman–Crippen MR) is 124 cm³/mol. The van der Waals surface area contributed by atoms with Gasteiger partial charge in [-0.15, -0.1) is 0 Å². The first-order valence-electron chi connectivity index (χ1n) is 9.97. The van der Waals surface area contributed by atoms with E-state index in [-0.39, 0.29) is 11.6 Å². The SMILES string of the molecule is COc1ccc(/C=C2/SC(N3CCN(c4ccc([N+](=O)[O-])cc4)CC3)=NC2=O)cc1OC. The van der Waals surface area contributed by atoms with Gasteiger partial charge in [-0.05, 0) is 47.7 Å². The van der Waals surface area contributed by atoms with E-state index in [0.29, 0.717) is 34.7 Å². The molecule has 0 atom stereocenters. The molecule has 0 spiro atoms. The Balaban J connectivity index is 1.39. The Labute approximate surface area is 189 Å². The molecule has 0 radical (unpaired) electrons. The van der Waals surface area contributed by atoms with Crippen LogP contribution in [0, 0.1) is 10.1 Å². The van der Waals surface area contributed by atoms with Gasteiger partial charge in [0.25, 0.3) is 11.6 Å². The van der Waals surface area contributed by atoms with Gasteiger partial charge >= 0.3 is 0 Å². The van der Waals surface area contributed by atoms with Crippen LogP contribution in [0.2, 0.25) is 0 Å². The van der Waals surface area contributed by atoms with E-state index in [1.54, 1.807) is 38.5 Å². The second-order valence-corrected chi connectivity index (χ2v) is 8.18. The number of carbonyl (C=O) groups excluding carboxylic acids is 1. The third-order valence-electron chi connectivity index (χ3n) is 5.29. The second-order valence-electron chi connectivity index (χ2n) is 7.17. The molecule has 2 aromatic rings. The summed E-state index contributed by atoms with van der Waals surface area (Å²) in [6, 6.07) is 12.1. The highest BCUT2D eigenvalue weighted by Gasteiger charge is 2.28. The lowest BCUT2D eigenvalue weighted by molar-refractivity contribution is -0.384. The van der Waals surface area contributed by atoms with Gasteiger partial charge in [-0.3, -0.25) is 14.9 Å². The lowest BCUT2D eigenvalue weighted by atomic mass is 10.2. The van der Waals surface area contributed by atoms with Crippen molar-refractivity contribution in [2.45, 2.75) is 0 Å². The number of carbonyl (C=O) groups is 1. The molecule has 166 valence electrons. The average Bonchev–Trinajstić information content (AvgIpc) is 3.19. The van der Waals surface area contributed by atoms with Gasteiger partial charge < -0.3 is 19.3 Å². The smallest absolute Gasteiger partial charge is 0.286 e. The Kier molecular flexibility index (Phi) is 6.31. The van der Waals surface area contributed by atoms with Gasteiger partial charge in [-0.2, -0.15) is 4.99 Å². The number of aliphatic imine (C=N–C) groups is 1. The van der Waals surface area contributed by atoms with Crippen LogP contribution in [0.25, 0.3) is 6.08 Å². The maximum Gasteiger partial charge on any atom is 0.286 e. The van der Waals surface area contributed by atoms with E-state index in [0.717, 1.165) is 24.3 Å². The highest BCUT2D eigenvalue weighted by atomic mass is 32.2. The molecule has 10 heteroatoms. The number of amides is 1. The molecular formula is C22H22N4O5S. The number of hydrogen-bond acceptors (Lipinski definition) is 8. The standard InChI is InChI=1S/C22H22N4O5S/c1-30-18-8-3-15(13-19(18)31-2)14-20-21(27)23-22(32-20)25-11-9-24(10-12-25)16-4-6-17(7-5-16)26(28)29/h3-8,13-14H,9-12H2,1-2H3/b20-14+. The van der Waals surface area contributed by atoms with Crippen molar-refractivity contribution in [1.82, 2.24) is 4.90 Å². The number of rotatable bonds is 5. The summed E-state index contributed by atoms with van der Waals surface area (Å²) in [6.07, 6.45) is 1.80. The predicted octanol–water partition coefficient (Wildman–Crippen LogP) is 3.40. The molecule has 1 amide bonds. The van der Waals surface area contributed by atoms with Crippen LogP contribution in [0.3, 0.4) is 0 Å². The third-order valence-corrected chi connectivity index (χ3v) is 6.33. The Morgan fingerprint density at radius 1 is 1.00 bits per heavy atom. The van der Waals surface area contributed by atoms with Gasteiger partial charge in [-0.1, -0.05) is 6.07 Å². The van der Waals surface area contributed by atoms with Crippen molar-refractivity contribution in [2.75, 3.05) is 45.3 Å². The van der Waals surface area contributed by atoms with E-state index in [9.17, 15) is 14.9 Å². The topological polar surface area (TPSA) is 97.5 Å². The molecule has 2 aromatic carbocycles. The zero-order valence-electron chi connectivity index (χ0n) is 17.7. The Morgan fingerprint density at radius 3 is 2.28 bits per heavy atom. The number of ether oxygens (including phenoxy) is 2. The summed E-state index contributed by atoms with van der Waals surface area (Å²) in [6.45, 7) is 2.89. The van der Waals surface area contributed by atoms with Gasteiger partial charge in [0, 0.05) is 44.0 Å². The molecule has 0 bridgehead atoms.